The fourth-order valence-corrected chi connectivity index (χ4v) is 3.30. The first-order valence-electron chi connectivity index (χ1n) is 9.90. The van der Waals surface area contributed by atoms with Gasteiger partial charge in [-0.05, 0) is 43.0 Å². The van der Waals surface area contributed by atoms with Gasteiger partial charge in [0.15, 0.2) is 6.10 Å². The summed E-state index contributed by atoms with van der Waals surface area (Å²) in [6, 6.07) is 16.7. The van der Waals surface area contributed by atoms with Gasteiger partial charge in [-0.2, -0.15) is 0 Å². The maximum atomic E-state index is 12.5. The van der Waals surface area contributed by atoms with Crippen LogP contribution in [-0.4, -0.2) is 37.0 Å². The molecule has 2 aromatic rings. The summed E-state index contributed by atoms with van der Waals surface area (Å²) in [5, 5.41) is 2.83. The van der Waals surface area contributed by atoms with Gasteiger partial charge in [0, 0.05) is 25.2 Å². The molecule has 1 saturated heterocycles. The van der Waals surface area contributed by atoms with Crippen LogP contribution in [0.25, 0.3) is 0 Å². The van der Waals surface area contributed by atoms with Crippen molar-refractivity contribution in [1.82, 2.24) is 5.32 Å². The molecule has 1 aliphatic heterocycles. The average molecular weight is 394 g/mol. The van der Waals surface area contributed by atoms with E-state index in [4.69, 9.17) is 4.74 Å². The van der Waals surface area contributed by atoms with Crippen molar-refractivity contribution < 1.29 is 19.1 Å². The molecule has 3 rings (SSSR count). The van der Waals surface area contributed by atoms with Crippen molar-refractivity contribution >= 4 is 23.5 Å². The first kappa shape index (κ1) is 20.6. The average Bonchev–Trinajstić information content (AvgIpc) is 3.18. The molecule has 1 aliphatic rings. The van der Waals surface area contributed by atoms with E-state index < -0.39 is 12.1 Å². The number of benzene rings is 2. The first-order chi connectivity index (χ1) is 14.0. The van der Waals surface area contributed by atoms with Crippen LogP contribution in [0, 0.1) is 0 Å². The molecule has 152 valence electrons. The van der Waals surface area contributed by atoms with Crippen LogP contribution in [0.5, 0.6) is 0 Å². The molecule has 0 spiro atoms. The van der Waals surface area contributed by atoms with E-state index in [1.54, 1.807) is 36.1 Å². The number of amides is 2. The number of rotatable bonds is 7. The van der Waals surface area contributed by atoms with Crippen molar-refractivity contribution in [3.63, 3.8) is 0 Å². The number of ether oxygens (including phenoxy) is 1. The molecule has 1 fully saturated rings. The Labute approximate surface area is 170 Å². The fourth-order valence-electron chi connectivity index (χ4n) is 3.30. The lowest BCUT2D eigenvalue weighted by Gasteiger charge is -2.18. The molecular weight excluding hydrogens is 368 g/mol. The summed E-state index contributed by atoms with van der Waals surface area (Å²) in [6.07, 6.45) is 0.418. The molecule has 0 saturated carbocycles. The van der Waals surface area contributed by atoms with Gasteiger partial charge in [0.2, 0.25) is 5.91 Å². The van der Waals surface area contributed by atoms with Crippen molar-refractivity contribution in [2.75, 3.05) is 18.0 Å². The highest BCUT2D eigenvalue weighted by atomic mass is 16.5. The lowest BCUT2D eigenvalue weighted by Crippen LogP contribution is -2.37. The van der Waals surface area contributed by atoms with Gasteiger partial charge in [0.1, 0.15) is 0 Å². The van der Waals surface area contributed by atoms with Gasteiger partial charge in [-0.1, -0.05) is 43.3 Å². The standard InChI is InChI=1S/C23H26N2O4/c1-16(18-8-4-3-5-9-18)15-24-22(27)17(2)29-23(28)19-10-6-11-20(14-19)25-13-7-12-21(25)26/h3-6,8-11,14,16-17H,7,12-13,15H2,1-2H3,(H,24,27)/t16-,17-/m0/s1. The van der Waals surface area contributed by atoms with E-state index in [-0.39, 0.29) is 17.7 Å². The summed E-state index contributed by atoms with van der Waals surface area (Å²) >= 11 is 0. The fraction of sp³-hybridized carbons (Fsp3) is 0.348. The maximum Gasteiger partial charge on any atom is 0.338 e. The number of carbonyl (C=O) groups excluding carboxylic acids is 3. The van der Waals surface area contributed by atoms with Crippen molar-refractivity contribution in [2.24, 2.45) is 0 Å². The third-order valence-electron chi connectivity index (χ3n) is 5.07. The van der Waals surface area contributed by atoms with E-state index in [9.17, 15) is 14.4 Å². The molecule has 0 bridgehead atoms. The zero-order valence-corrected chi connectivity index (χ0v) is 16.8. The SMILES string of the molecule is C[C@H](OC(=O)c1cccc(N2CCCC2=O)c1)C(=O)NC[C@H](C)c1ccccc1. The van der Waals surface area contributed by atoms with Crippen LogP contribution in [0.1, 0.15) is 48.5 Å². The number of hydrogen-bond donors (Lipinski definition) is 1. The Bertz CT molecular complexity index is 881. The predicted octanol–water partition coefficient (Wildman–Crippen LogP) is 3.28. The summed E-state index contributed by atoms with van der Waals surface area (Å²) in [7, 11) is 0. The quantitative estimate of drug-likeness (QED) is 0.732. The Balaban J connectivity index is 1.54. The highest BCUT2D eigenvalue weighted by Crippen LogP contribution is 2.22. The lowest BCUT2D eigenvalue weighted by atomic mass is 10.0. The molecule has 0 aliphatic carbocycles. The van der Waals surface area contributed by atoms with Gasteiger partial charge < -0.3 is 15.0 Å². The van der Waals surface area contributed by atoms with Gasteiger partial charge in [0.25, 0.3) is 5.91 Å². The van der Waals surface area contributed by atoms with Gasteiger partial charge in [0.05, 0.1) is 5.56 Å². The maximum absolute atomic E-state index is 12.5. The molecule has 29 heavy (non-hydrogen) atoms. The molecule has 6 nitrogen and oxygen atoms in total. The summed E-state index contributed by atoms with van der Waals surface area (Å²) in [4.78, 5) is 38.4. The summed E-state index contributed by atoms with van der Waals surface area (Å²) in [6.45, 7) is 4.68. The number of carbonyl (C=O) groups is 3. The number of hydrogen-bond acceptors (Lipinski definition) is 4. The number of esters is 1. The van der Waals surface area contributed by atoms with Crippen LogP contribution in [0.15, 0.2) is 54.6 Å². The number of anilines is 1. The smallest absolute Gasteiger partial charge is 0.338 e. The molecule has 2 amide bonds. The second-order valence-electron chi connectivity index (χ2n) is 7.30. The second-order valence-corrected chi connectivity index (χ2v) is 7.30. The number of nitrogens with one attached hydrogen (secondary N) is 1. The topological polar surface area (TPSA) is 75.7 Å². The molecule has 1 N–H and O–H groups in total. The summed E-state index contributed by atoms with van der Waals surface area (Å²) < 4.78 is 5.33. The van der Waals surface area contributed by atoms with Gasteiger partial charge in [-0.25, -0.2) is 4.79 Å². The highest BCUT2D eigenvalue weighted by molar-refractivity contribution is 5.98. The molecule has 6 heteroatoms. The molecule has 1 heterocycles. The molecule has 0 aromatic heterocycles. The number of nitrogens with zero attached hydrogens (tertiary/aromatic N) is 1. The molecule has 2 aromatic carbocycles. The van der Waals surface area contributed by atoms with Crippen molar-refractivity contribution in [2.45, 2.75) is 38.7 Å². The van der Waals surface area contributed by atoms with Crippen LogP contribution in [0.2, 0.25) is 0 Å². The summed E-state index contributed by atoms with van der Waals surface area (Å²) in [5.41, 5.74) is 2.13. The van der Waals surface area contributed by atoms with Crippen LogP contribution < -0.4 is 10.2 Å². The third-order valence-corrected chi connectivity index (χ3v) is 5.07. The van der Waals surface area contributed by atoms with Crippen LogP contribution >= 0.6 is 0 Å². The largest absolute Gasteiger partial charge is 0.449 e. The predicted molar refractivity (Wildman–Crippen MR) is 111 cm³/mol. The minimum atomic E-state index is -0.914. The van der Waals surface area contributed by atoms with Crippen LogP contribution in [0.4, 0.5) is 5.69 Å². The second kappa shape index (κ2) is 9.37. The van der Waals surface area contributed by atoms with Crippen molar-refractivity contribution in [1.29, 1.82) is 0 Å². The van der Waals surface area contributed by atoms with Crippen molar-refractivity contribution in [3.05, 3.63) is 65.7 Å². The van der Waals surface area contributed by atoms with E-state index in [1.807, 2.05) is 37.3 Å². The normalized spacial score (nSPS) is 15.7. The van der Waals surface area contributed by atoms with E-state index in [2.05, 4.69) is 5.32 Å². The molecule has 0 unspecified atom stereocenters. The summed E-state index contributed by atoms with van der Waals surface area (Å²) in [5.74, 6) is -0.724. The highest BCUT2D eigenvalue weighted by Gasteiger charge is 2.24. The van der Waals surface area contributed by atoms with Crippen LogP contribution in [0.3, 0.4) is 0 Å². The minimum absolute atomic E-state index is 0.0517. The third kappa shape index (κ3) is 5.22. The zero-order valence-electron chi connectivity index (χ0n) is 16.8. The van der Waals surface area contributed by atoms with Gasteiger partial charge >= 0.3 is 5.97 Å². The molecular formula is C23H26N2O4. The monoisotopic (exact) mass is 394 g/mol. The molecule has 0 radical (unpaired) electrons. The Kier molecular flexibility index (Phi) is 6.65. The Morgan fingerprint density at radius 2 is 1.86 bits per heavy atom. The van der Waals surface area contributed by atoms with E-state index in [0.29, 0.717) is 30.8 Å². The zero-order chi connectivity index (χ0) is 20.8. The van der Waals surface area contributed by atoms with E-state index >= 15 is 0 Å². The van der Waals surface area contributed by atoms with Gasteiger partial charge in [-0.3, -0.25) is 9.59 Å². The first-order valence-corrected chi connectivity index (χ1v) is 9.90. The Morgan fingerprint density at radius 1 is 1.10 bits per heavy atom. The Morgan fingerprint density at radius 3 is 2.55 bits per heavy atom. The Hall–Kier alpha value is -3.15. The lowest BCUT2D eigenvalue weighted by molar-refractivity contribution is -0.129. The minimum Gasteiger partial charge on any atom is -0.449 e. The molecule has 2 atom stereocenters. The van der Waals surface area contributed by atoms with E-state index in [0.717, 1.165) is 12.0 Å². The van der Waals surface area contributed by atoms with E-state index in [1.165, 1.54) is 0 Å². The van der Waals surface area contributed by atoms with Gasteiger partial charge in [-0.15, -0.1) is 0 Å². The van der Waals surface area contributed by atoms with Crippen LogP contribution in [-0.2, 0) is 14.3 Å². The van der Waals surface area contributed by atoms with Crippen molar-refractivity contribution in [3.8, 4) is 0 Å².